The highest BCUT2D eigenvalue weighted by molar-refractivity contribution is 5.86. The molecule has 122 valence electrons. The van der Waals surface area contributed by atoms with Gasteiger partial charge in [0, 0.05) is 25.0 Å². The molecule has 2 fully saturated rings. The predicted molar refractivity (Wildman–Crippen MR) is 96.0 cm³/mol. The molecule has 0 aromatic heterocycles. The van der Waals surface area contributed by atoms with E-state index in [9.17, 15) is 4.79 Å². The molecule has 1 spiro atoms. The molecular formula is C19H23ClN2O. The third-order valence-electron chi connectivity index (χ3n) is 5.29. The highest BCUT2D eigenvalue weighted by Gasteiger charge is 2.41. The predicted octanol–water partition coefficient (Wildman–Crippen LogP) is 3.02. The summed E-state index contributed by atoms with van der Waals surface area (Å²) in [5.74, 6) is 0.277. The Hall–Kier alpha value is -1.58. The SMILES string of the molecule is Cl.O=C(Cc1ccc2ccccc2c1)N1CCC2(CCNC2)C1. The molecular weight excluding hydrogens is 308 g/mol. The van der Waals surface area contributed by atoms with Crippen molar-refractivity contribution in [3.8, 4) is 0 Å². The van der Waals surface area contributed by atoms with Gasteiger partial charge in [0.25, 0.3) is 0 Å². The molecule has 1 atom stereocenters. The molecule has 4 heteroatoms. The van der Waals surface area contributed by atoms with Crippen LogP contribution in [0.1, 0.15) is 18.4 Å². The first-order chi connectivity index (χ1) is 10.7. The number of carbonyl (C=O) groups excluding carboxylic acids is 1. The molecule has 1 N–H and O–H groups in total. The van der Waals surface area contributed by atoms with Crippen LogP contribution >= 0.6 is 12.4 Å². The van der Waals surface area contributed by atoms with Crippen LogP contribution in [0.5, 0.6) is 0 Å². The fraction of sp³-hybridized carbons (Fsp3) is 0.421. The largest absolute Gasteiger partial charge is 0.342 e. The molecule has 23 heavy (non-hydrogen) atoms. The Balaban J connectivity index is 0.00000156. The maximum Gasteiger partial charge on any atom is 0.227 e. The zero-order chi connectivity index (χ0) is 15.0. The zero-order valence-electron chi connectivity index (χ0n) is 13.3. The number of nitrogens with one attached hydrogen (secondary N) is 1. The van der Waals surface area contributed by atoms with Crippen LogP contribution in [0.15, 0.2) is 42.5 Å². The van der Waals surface area contributed by atoms with E-state index in [1.165, 1.54) is 17.2 Å². The van der Waals surface area contributed by atoms with Gasteiger partial charge in [-0.2, -0.15) is 0 Å². The lowest BCUT2D eigenvalue weighted by Crippen LogP contribution is -2.34. The van der Waals surface area contributed by atoms with Gasteiger partial charge in [-0.25, -0.2) is 0 Å². The van der Waals surface area contributed by atoms with Crippen LogP contribution in [0.3, 0.4) is 0 Å². The Bertz CT molecular complexity index is 709. The Labute approximate surface area is 143 Å². The molecule has 0 bridgehead atoms. The lowest BCUT2D eigenvalue weighted by Gasteiger charge is -2.22. The minimum atomic E-state index is 0. The van der Waals surface area contributed by atoms with Crippen molar-refractivity contribution in [1.82, 2.24) is 10.2 Å². The molecule has 1 amide bonds. The number of fused-ring (bicyclic) bond motifs is 1. The molecule has 3 nitrogen and oxygen atoms in total. The van der Waals surface area contributed by atoms with Crippen LogP contribution in [-0.4, -0.2) is 37.0 Å². The summed E-state index contributed by atoms with van der Waals surface area (Å²) in [4.78, 5) is 14.7. The first-order valence-corrected chi connectivity index (χ1v) is 8.20. The van der Waals surface area contributed by atoms with Crippen LogP contribution < -0.4 is 5.32 Å². The highest BCUT2D eigenvalue weighted by Crippen LogP contribution is 2.36. The summed E-state index contributed by atoms with van der Waals surface area (Å²) in [7, 11) is 0. The summed E-state index contributed by atoms with van der Waals surface area (Å²) in [5, 5.41) is 5.89. The number of likely N-dealkylation sites (tertiary alicyclic amines) is 1. The van der Waals surface area contributed by atoms with Crippen molar-refractivity contribution in [2.24, 2.45) is 5.41 Å². The summed E-state index contributed by atoms with van der Waals surface area (Å²) in [6.07, 6.45) is 2.89. The van der Waals surface area contributed by atoms with Crippen LogP contribution in [0.25, 0.3) is 10.8 Å². The molecule has 2 aliphatic heterocycles. The second-order valence-electron chi connectivity index (χ2n) is 6.85. The van der Waals surface area contributed by atoms with Gasteiger partial charge in [-0.3, -0.25) is 4.79 Å². The Morgan fingerprint density at radius 1 is 1.13 bits per heavy atom. The number of halogens is 1. The molecule has 0 aliphatic carbocycles. The number of carbonyl (C=O) groups is 1. The second kappa shape index (κ2) is 6.50. The summed E-state index contributed by atoms with van der Waals surface area (Å²) >= 11 is 0. The van der Waals surface area contributed by atoms with Crippen molar-refractivity contribution in [2.75, 3.05) is 26.2 Å². The van der Waals surface area contributed by atoms with Gasteiger partial charge in [0.1, 0.15) is 0 Å². The highest BCUT2D eigenvalue weighted by atomic mass is 35.5. The first kappa shape index (κ1) is 16.3. The van der Waals surface area contributed by atoms with Crippen LogP contribution in [0.2, 0.25) is 0 Å². The van der Waals surface area contributed by atoms with Crippen molar-refractivity contribution in [2.45, 2.75) is 19.3 Å². The molecule has 4 rings (SSSR count). The molecule has 2 aromatic rings. The van der Waals surface area contributed by atoms with Gasteiger partial charge < -0.3 is 10.2 Å². The Kier molecular flexibility index (Phi) is 4.60. The van der Waals surface area contributed by atoms with E-state index < -0.39 is 0 Å². The molecule has 1 unspecified atom stereocenters. The Morgan fingerprint density at radius 3 is 2.74 bits per heavy atom. The van der Waals surface area contributed by atoms with Gasteiger partial charge in [0.2, 0.25) is 5.91 Å². The van der Waals surface area contributed by atoms with Crippen molar-refractivity contribution in [3.05, 3.63) is 48.0 Å². The maximum atomic E-state index is 12.6. The van der Waals surface area contributed by atoms with E-state index in [0.717, 1.165) is 38.2 Å². The van der Waals surface area contributed by atoms with E-state index in [4.69, 9.17) is 0 Å². The van der Waals surface area contributed by atoms with E-state index in [0.29, 0.717) is 11.8 Å². The molecule has 2 aromatic carbocycles. The van der Waals surface area contributed by atoms with E-state index >= 15 is 0 Å². The lowest BCUT2D eigenvalue weighted by atomic mass is 9.86. The van der Waals surface area contributed by atoms with Gasteiger partial charge in [-0.05, 0) is 35.7 Å². The van der Waals surface area contributed by atoms with E-state index in [1.54, 1.807) is 0 Å². The third kappa shape index (κ3) is 3.22. The van der Waals surface area contributed by atoms with Gasteiger partial charge in [-0.15, -0.1) is 12.4 Å². The van der Waals surface area contributed by atoms with Gasteiger partial charge >= 0.3 is 0 Å². The molecule has 2 heterocycles. The normalized spacial score (nSPS) is 23.4. The number of amides is 1. The topological polar surface area (TPSA) is 32.3 Å². The summed E-state index contributed by atoms with van der Waals surface area (Å²) in [5.41, 5.74) is 1.48. The second-order valence-corrected chi connectivity index (χ2v) is 6.85. The minimum Gasteiger partial charge on any atom is -0.342 e. The third-order valence-corrected chi connectivity index (χ3v) is 5.29. The monoisotopic (exact) mass is 330 g/mol. The van der Waals surface area contributed by atoms with Crippen LogP contribution in [0, 0.1) is 5.41 Å². The quantitative estimate of drug-likeness (QED) is 0.918. The van der Waals surface area contributed by atoms with E-state index in [2.05, 4.69) is 40.5 Å². The lowest BCUT2D eigenvalue weighted by molar-refractivity contribution is -0.129. The molecule has 2 saturated heterocycles. The number of benzene rings is 2. The zero-order valence-corrected chi connectivity index (χ0v) is 14.1. The fourth-order valence-corrected chi connectivity index (χ4v) is 3.93. The average Bonchev–Trinajstić information content (AvgIpc) is 3.18. The van der Waals surface area contributed by atoms with Crippen molar-refractivity contribution in [1.29, 1.82) is 0 Å². The van der Waals surface area contributed by atoms with Crippen molar-refractivity contribution in [3.63, 3.8) is 0 Å². The Morgan fingerprint density at radius 2 is 1.96 bits per heavy atom. The van der Waals surface area contributed by atoms with E-state index in [-0.39, 0.29) is 18.3 Å². The number of nitrogens with zero attached hydrogens (tertiary/aromatic N) is 1. The number of hydrogen-bond acceptors (Lipinski definition) is 2. The molecule has 2 aliphatic rings. The molecule has 0 radical (unpaired) electrons. The number of rotatable bonds is 2. The van der Waals surface area contributed by atoms with Gasteiger partial charge in [0.05, 0.1) is 6.42 Å². The number of hydrogen-bond donors (Lipinski definition) is 1. The first-order valence-electron chi connectivity index (χ1n) is 8.20. The van der Waals surface area contributed by atoms with Crippen molar-refractivity contribution >= 4 is 29.1 Å². The average molecular weight is 331 g/mol. The van der Waals surface area contributed by atoms with Crippen LogP contribution in [-0.2, 0) is 11.2 Å². The molecule has 0 saturated carbocycles. The smallest absolute Gasteiger partial charge is 0.227 e. The van der Waals surface area contributed by atoms with Gasteiger partial charge in [0.15, 0.2) is 0 Å². The van der Waals surface area contributed by atoms with Gasteiger partial charge in [-0.1, -0.05) is 42.5 Å². The summed E-state index contributed by atoms with van der Waals surface area (Å²) in [6.45, 7) is 4.04. The fourth-order valence-electron chi connectivity index (χ4n) is 3.93. The maximum absolute atomic E-state index is 12.6. The minimum absolute atomic E-state index is 0. The summed E-state index contributed by atoms with van der Waals surface area (Å²) in [6, 6.07) is 14.7. The van der Waals surface area contributed by atoms with E-state index in [1.807, 2.05) is 12.1 Å². The van der Waals surface area contributed by atoms with Crippen molar-refractivity contribution < 1.29 is 4.79 Å². The summed E-state index contributed by atoms with van der Waals surface area (Å²) < 4.78 is 0. The standard InChI is InChI=1S/C19H22N2O.ClH/c22-18(21-10-8-19(14-21)7-9-20-13-19)12-15-5-6-16-3-1-2-4-17(16)11-15;/h1-6,11,20H,7-10,12-14H2;1H. The van der Waals surface area contributed by atoms with Crippen LogP contribution in [0.4, 0.5) is 0 Å².